The van der Waals surface area contributed by atoms with Crippen LogP contribution in [-0.4, -0.2) is 11.0 Å². The predicted molar refractivity (Wildman–Crippen MR) is 70.5 cm³/mol. The van der Waals surface area contributed by atoms with Gasteiger partial charge in [-0.25, -0.2) is 0 Å². The van der Waals surface area contributed by atoms with Crippen molar-refractivity contribution in [1.82, 2.24) is 0 Å². The van der Waals surface area contributed by atoms with Gasteiger partial charge in [-0.3, -0.25) is 16.0 Å². The Bertz CT molecular complexity index is 421. The van der Waals surface area contributed by atoms with Gasteiger partial charge in [0.15, 0.2) is 5.75 Å². The molecule has 0 bridgehead atoms. The lowest BCUT2D eigenvalue weighted by Gasteiger charge is -2.17. The Balaban J connectivity index is 2.98. The molecule has 1 unspecified atom stereocenters. The highest BCUT2D eigenvalue weighted by Crippen LogP contribution is 2.35. The molecule has 0 heterocycles. The fraction of sp³-hybridized carbons (Fsp3) is 0.500. The molecule has 0 aliphatic heterocycles. The summed E-state index contributed by atoms with van der Waals surface area (Å²) in [5.74, 6) is 5.97. The molecule has 0 saturated heterocycles. The molecular weight excluding hydrogens is 234 g/mol. The number of nitrogens with one attached hydrogen (secondary N) is 1. The van der Waals surface area contributed by atoms with Crippen molar-refractivity contribution in [2.24, 2.45) is 11.8 Å². The first-order valence-corrected chi connectivity index (χ1v) is 5.86. The second-order valence-electron chi connectivity index (χ2n) is 4.61. The quantitative estimate of drug-likeness (QED) is 0.462. The van der Waals surface area contributed by atoms with Crippen molar-refractivity contribution in [3.8, 4) is 5.75 Å². The molecule has 0 saturated carbocycles. The van der Waals surface area contributed by atoms with Crippen molar-refractivity contribution in [3.63, 3.8) is 0 Å². The molecule has 6 heteroatoms. The molecule has 6 nitrogen and oxygen atoms in total. The molecule has 1 rings (SSSR count). The SMILES string of the molecule is CC(C)CC(C)Oc1cccc(NN)c1[N+](=O)[O-]. The number of nitro groups is 1. The normalized spacial score (nSPS) is 12.3. The summed E-state index contributed by atoms with van der Waals surface area (Å²) < 4.78 is 5.62. The van der Waals surface area contributed by atoms with Crippen LogP contribution in [0.25, 0.3) is 0 Å². The van der Waals surface area contributed by atoms with Gasteiger partial charge in [-0.05, 0) is 31.4 Å². The minimum absolute atomic E-state index is 0.0864. The van der Waals surface area contributed by atoms with Crippen molar-refractivity contribution in [2.75, 3.05) is 5.43 Å². The lowest BCUT2D eigenvalue weighted by atomic mass is 10.1. The molecule has 3 N–H and O–H groups in total. The van der Waals surface area contributed by atoms with Crippen LogP contribution in [0.1, 0.15) is 27.2 Å². The molecule has 0 amide bonds. The average molecular weight is 253 g/mol. The van der Waals surface area contributed by atoms with E-state index in [1.165, 1.54) is 6.07 Å². The Hall–Kier alpha value is -1.82. The van der Waals surface area contributed by atoms with Gasteiger partial charge in [0.25, 0.3) is 0 Å². The first-order valence-electron chi connectivity index (χ1n) is 5.86. The first kappa shape index (κ1) is 14.2. The number of rotatable bonds is 6. The third kappa shape index (κ3) is 3.59. The number of benzene rings is 1. The van der Waals surface area contributed by atoms with E-state index in [9.17, 15) is 10.1 Å². The second-order valence-corrected chi connectivity index (χ2v) is 4.61. The Labute approximate surface area is 106 Å². The summed E-state index contributed by atoms with van der Waals surface area (Å²) in [6.07, 6.45) is 0.744. The lowest BCUT2D eigenvalue weighted by Crippen LogP contribution is -2.16. The van der Waals surface area contributed by atoms with Crippen molar-refractivity contribution in [3.05, 3.63) is 28.3 Å². The number of nitrogen functional groups attached to an aromatic ring is 1. The largest absolute Gasteiger partial charge is 0.484 e. The van der Waals surface area contributed by atoms with Crippen LogP contribution in [-0.2, 0) is 0 Å². The maximum absolute atomic E-state index is 11.0. The third-order valence-corrected chi connectivity index (χ3v) is 2.47. The van der Waals surface area contributed by atoms with Crippen LogP contribution in [0, 0.1) is 16.0 Å². The number of hydrogen-bond acceptors (Lipinski definition) is 5. The first-order chi connectivity index (χ1) is 8.45. The highest BCUT2D eigenvalue weighted by molar-refractivity contribution is 5.67. The molecule has 0 aromatic heterocycles. The monoisotopic (exact) mass is 253 g/mol. The van der Waals surface area contributed by atoms with E-state index in [2.05, 4.69) is 19.3 Å². The van der Waals surface area contributed by atoms with Crippen LogP contribution in [0.3, 0.4) is 0 Å². The van der Waals surface area contributed by atoms with Crippen LogP contribution in [0.15, 0.2) is 18.2 Å². The summed E-state index contributed by atoms with van der Waals surface area (Å²) in [6, 6.07) is 4.79. The third-order valence-electron chi connectivity index (χ3n) is 2.47. The van der Waals surface area contributed by atoms with E-state index in [0.29, 0.717) is 5.92 Å². The Morgan fingerprint density at radius 2 is 2.11 bits per heavy atom. The molecule has 0 aliphatic carbocycles. The number of nitro benzene ring substituents is 1. The Morgan fingerprint density at radius 3 is 2.61 bits per heavy atom. The van der Waals surface area contributed by atoms with E-state index in [4.69, 9.17) is 10.6 Å². The summed E-state index contributed by atoms with van der Waals surface area (Å²) in [4.78, 5) is 10.5. The molecule has 100 valence electrons. The summed E-state index contributed by atoms with van der Waals surface area (Å²) in [5, 5.41) is 11.0. The Morgan fingerprint density at radius 1 is 1.44 bits per heavy atom. The fourth-order valence-corrected chi connectivity index (χ4v) is 1.85. The van der Waals surface area contributed by atoms with Gasteiger partial charge < -0.3 is 10.2 Å². The smallest absolute Gasteiger partial charge is 0.335 e. The van der Waals surface area contributed by atoms with Gasteiger partial charge in [-0.2, -0.15) is 0 Å². The number of hydrazine groups is 1. The zero-order chi connectivity index (χ0) is 13.7. The van der Waals surface area contributed by atoms with Gasteiger partial charge in [0.2, 0.25) is 0 Å². The minimum atomic E-state index is -0.493. The van der Waals surface area contributed by atoms with Gasteiger partial charge in [0, 0.05) is 0 Å². The van der Waals surface area contributed by atoms with Gasteiger partial charge in [0.1, 0.15) is 5.69 Å². The van der Waals surface area contributed by atoms with Crippen LogP contribution in [0.5, 0.6) is 5.75 Å². The molecule has 18 heavy (non-hydrogen) atoms. The summed E-state index contributed by atoms with van der Waals surface area (Å²) in [7, 11) is 0. The van der Waals surface area contributed by atoms with Crippen LogP contribution in [0.2, 0.25) is 0 Å². The van der Waals surface area contributed by atoms with E-state index in [1.807, 2.05) is 6.92 Å². The molecule has 0 spiro atoms. The number of anilines is 1. The molecule has 0 radical (unpaired) electrons. The number of nitrogens with two attached hydrogens (primary N) is 1. The van der Waals surface area contributed by atoms with Gasteiger partial charge in [0.05, 0.1) is 11.0 Å². The standard InChI is InChI=1S/C12H19N3O3/c1-8(2)7-9(3)18-11-6-4-5-10(14-13)12(11)15(16)17/h4-6,8-9,14H,7,13H2,1-3H3. The number of hydrogen-bond donors (Lipinski definition) is 2. The summed E-state index contributed by atoms with van der Waals surface area (Å²) in [5.41, 5.74) is 2.43. The average Bonchev–Trinajstić information content (AvgIpc) is 2.26. The van der Waals surface area contributed by atoms with E-state index in [-0.39, 0.29) is 23.2 Å². The van der Waals surface area contributed by atoms with Crippen LogP contribution < -0.4 is 16.0 Å². The lowest BCUT2D eigenvalue weighted by molar-refractivity contribution is -0.385. The highest BCUT2D eigenvalue weighted by Gasteiger charge is 2.22. The van der Waals surface area contributed by atoms with E-state index >= 15 is 0 Å². The maximum Gasteiger partial charge on any atom is 0.335 e. The molecule has 1 atom stereocenters. The number of ether oxygens (including phenoxy) is 1. The molecule has 1 aromatic carbocycles. The van der Waals surface area contributed by atoms with Crippen molar-refractivity contribution >= 4 is 11.4 Å². The van der Waals surface area contributed by atoms with Crippen molar-refractivity contribution < 1.29 is 9.66 Å². The van der Waals surface area contributed by atoms with Gasteiger partial charge >= 0.3 is 5.69 Å². The second kappa shape index (κ2) is 6.20. The molecule has 0 fully saturated rings. The van der Waals surface area contributed by atoms with E-state index < -0.39 is 4.92 Å². The fourth-order valence-electron chi connectivity index (χ4n) is 1.85. The topological polar surface area (TPSA) is 90.4 Å². The van der Waals surface area contributed by atoms with Gasteiger partial charge in [-0.15, -0.1) is 0 Å². The molecule has 1 aromatic rings. The number of para-hydroxylation sites is 1. The van der Waals surface area contributed by atoms with Crippen molar-refractivity contribution in [1.29, 1.82) is 0 Å². The van der Waals surface area contributed by atoms with Crippen LogP contribution in [0.4, 0.5) is 11.4 Å². The van der Waals surface area contributed by atoms with E-state index in [0.717, 1.165) is 6.42 Å². The highest BCUT2D eigenvalue weighted by atomic mass is 16.6. The molecule has 0 aliphatic rings. The Kier molecular flexibility index (Phi) is 4.91. The van der Waals surface area contributed by atoms with Gasteiger partial charge in [-0.1, -0.05) is 19.9 Å². The maximum atomic E-state index is 11.0. The van der Waals surface area contributed by atoms with Crippen molar-refractivity contribution in [2.45, 2.75) is 33.3 Å². The van der Waals surface area contributed by atoms with E-state index in [1.54, 1.807) is 12.1 Å². The van der Waals surface area contributed by atoms with Crippen LogP contribution >= 0.6 is 0 Å². The molecular formula is C12H19N3O3. The summed E-state index contributed by atoms with van der Waals surface area (Å²) >= 11 is 0. The predicted octanol–water partition coefficient (Wildman–Crippen LogP) is 2.69. The zero-order valence-corrected chi connectivity index (χ0v) is 10.8. The summed E-state index contributed by atoms with van der Waals surface area (Å²) in [6.45, 7) is 6.05. The number of nitrogens with zero attached hydrogens (tertiary/aromatic N) is 1. The minimum Gasteiger partial charge on any atom is -0.484 e. The zero-order valence-electron chi connectivity index (χ0n) is 10.8.